The smallest absolute Gasteiger partial charge is 0.417 e. The number of carboxylic acid groups (broad SMARTS) is 1. The van der Waals surface area contributed by atoms with Gasteiger partial charge >= 0.3 is 12.1 Å². The molecule has 1 aliphatic rings. The Balaban J connectivity index is 2.07. The highest BCUT2D eigenvalue weighted by Gasteiger charge is 2.42. The van der Waals surface area contributed by atoms with Gasteiger partial charge in [0.05, 0.1) is 11.1 Å². The summed E-state index contributed by atoms with van der Waals surface area (Å²) in [6, 6.07) is 10.9. The largest absolute Gasteiger partial charge is 0.478 e. The highest BCUT2D eigenvalue weighted by atomic mass is 19.4. The highest BCUT2D eigenvalue weighted by Crippen LogP contribution is 2.39. The Labute approximate surface area is 149 Å². The average molecular weight is 370 g/mol. The molecule has 3 aromatic rings. The maximum absolute atomic E-state index is 13.5. The van der Waals surface area contributed by atoms with E-state index in [9.17, 15) is 27.6 Å². The lowest BCUT2D eigenvalue weighted by Gasteiger charge is -2.22. The molecule has 0 fully saturated rings. The highest BCUT2D eigenvalue weighted by molar-refractivity contribution is 6.30. The summed E-state index contributed by atoms with van der Waals surface area (Å²) in [6.45, 7) is 0. The third-order valence-corrected chi connectivity index (χ3v) is 4.54. The van der Waals surface area contributed by atoms with Crippen LogP contribution in [0.3, 0.4) is 0 Å². The van der Waals surface area contributed by atoms with Gasteiger partial charge in [-0.15, -0.1) is 0 Å². The topological polar surface area (TPSA) is 71.4 Å². The number of fused-ring (bicyclic) bond motifs is 3. The molecule has 0 aromatic heterocycles. The van der Waals surface area contributed by atoms with Gasteiger partial charge in [-0.3, -0.25) is 9.59 Å². The second-order valence-electron chi connectivity index (χ2n) is 6.15. The van der Waals surface area contributed by atoms with Crippen LogP contribution in [0.4, 0.5) is 13.2 Å². The van der Waals surface area contributed by atoms with Gasteiger partial charge in [0, 0.05) is 22.3 Å². The predicted octanol–water partition coefficient (Wildman–Crippen LogP) is 4.33. The minimum atomic E-state index is -4.99. The number of alkyl halides is 3. The molecular weight excluding hydrogens is 361 g/mol. The minimum absolute atomic E-state index is 0.0399. The van der Waals surface area contributed by atoms with Crippen LogP contribution in [0, 0.1) is 0 Å². The normalized spacial score (nSPS) is 13.4. The standard InChI is InChI=1S/C20H9F3O4/c21-20(22,23)15-8-11(19(26)27)7-14-16(15)18(25)13-6-10-4-2-1-3-9(10)5-12(13)17(14)24/h1-8H,(H,26,27). The molecule has 0 amide bonds. The lowest BCUT2D eigenvalue weighted by molar-refractivity contribution is -0.137. The number of ketones is 2. The maximum Gasteiger partial charge on any atom is 0.417 e. The summed E-state index contributed by atoms with van der Waals surface area (Å²) in [6.07, 6.45) is -4.99. The monoisotopic (exact) mass is 370 g/mol. The van der Waals surface area contributed by atoms with E-state index in [0.717, 1.165) is 6.07 Å². The quantitative estimate of drug-likeness (QED) is 0.541. The van der Waals surface area contributed by atoms with Crippen molar-refractivity contribution >= 4 is 28.3 Å². The van der Waals surface area contributed by atoms with E-state index in [2.05, 4.69) is 0 Å². The van der Waals surface area contributed by atoms with Gasteiger partial charge in [-0.05, 0) is 35.0 Å². The van der Waals surface area contributed by atoms with Crippen LogP contribution in [-0.4, -0.2) is 22.6 Å². The molecule has 0 radical (unpaired) electrons. The molecule has 0 aliphatic heterocycles. The minimum Gasteiger partial charge on any atom is -0.478 e. The molecule has 1 aliphatic carbocycles. The van der Waals surface area contributed by atoms with E-state index in [0.29, 0.717) is 16.8 Å². The molecule has 4 nitrogen and oxygen atoms in total. The molecule has 0 saturated carbocycles. The molecule has 0 spiro atoms. The van der Waals surface area contributed by atoms with E-state index >= 15 is 0 Å². The van der Waals surface area contributed by atoms with Crippen molar-refractivity contribution in [2.45, 2.75) is 6.18 Å². The number of carbonyl (C=O) groups excluding carboxylic acids is 2. The van der Waals surface area contributed by atoms with Crippen molar-refractivity contribution in [2.24, 2.45) is 0 Å². The van der Waals surface area contributed by atoms with Gasteiger partial charge in [-0.2, -0.15) is 13.2 Å². The molecule has 0 bridgehead atoms. The predicted molar refractivity (Wildman–Crippen MR) is 89.2 cm³/mol. The van der Waals surface area contributed by atoms with Crippen LogP contribution in [0.1, 0.15) is 47.8 Å². The number of carbonyl (C=O) groups is 3. The molecule has 1 N–H and O–H groups in total. The summed E-state index contributed by atoms with van der Waals surface area (Å²) in [5, 5.41) is 10.4. The van der Waals surface area contributed by atoms with E-state index < -0.39 is 46.0 Å². The Hall–Kier alpha value is -3.48. The Bertz CT molecular complexity index is 1180. The van der Waals surface area contributed by atoms with Crippen LogP contribution in [0.15, 0.2) is 48.5 Å². The van der Waals surface area contributed by atoms with Gasteiger partial charge in [-0.25, -0.2) is 4.79 Å². The fraction of sp³-hybridized carbons (Fsp3) is 0.0500. The number of carboxylic acids is 1. The van der Waals surface area contributed by atoms with Crippen LogP contribution in [-0.2, 0) is 6.18 Å². The molecule has 3 aromatic carbocycles. The first-order chi connectivity index (χ1) is 12.7. The number of rotatable bonds is 1. The molecule has 0 heterocycles. The fourth-order valence-electron chi connectivity index (χ4n) is 3.31. The first-order valence-electron chi connectivity index (χ1n) is 7.79. The fourth-order valence-corrected chi connectivity index (χ4v) is 3.31. The SMILES string of the molecule is O=C(O)c1cc2c(c(C(F)(F)F)c1)C(=O)c1cc3ccccc3cc1C2=O. The van der Waals surface area contributed by atoms with E-state index in [1.165, 1.54) is 12.1 Å². The zero-order valence-corrected chi connectivity index (χ0v) is 13.4. The van der Waals surface area contributed by atoms with Crippen molar-refractivity contribution in [2.75, 3.05) is 0 Å². The van der Waals surface area contributed by atoms with E-state index in [-0.39, 0.29) is 11.1 Å². The van der Waals surface area contributed by atoms with Gasteiger partial charge in [0.1, 0.15) is 0 Å². The zero-order chi connectivity index (χ0) is 19.5. The summed E-state index contributed by atoms with van der Waals surface area (Å²) in [5.41, 5.74) is -3.64. The molecule has 134 valence electrons. The Morgan fingerprint density at radius 2 is 1.37 bits per heavy atom. The third-order valence-electron chi connectivity index (χ3n) is 4.54. The zero-order valence-electron chi connectivity index (χ0n) is 13.4. The van der Waals surface area contributed by atoms with Crippen molar-refractivity contribution < 1.29 is 32.7 Å². The van der Waals surface area contributed by atoms with E-state index in [1.807, 2.05) is 0 Å². The lowest BCUT2D eigenvalue weighted by Crippen LogP contribution is -2.26. The summed E-state index contributed by atoms with van der Waals surface area (Å²) < 4.78 is 40.5. The first-order valence-corrected chi connectivity index (χ1v) is 7.79. The van der Waals surface area contributed by atoms with Crippen molar-refractivity contribution in [1.82, 2.24) is 0 Å². The molecule has 0 unspecified atom stereocenters. The van der Waals surface area contributed by atoms with E-state index in [1.54, 1.807) is 24.3 Å². The van der Waals surface area contributed by atoms with Crippen LogP contribution >= 0.6 is 0 Å². The second-order valence-corrected chi connectivity index (χ2v) is 6.15. The number of halogens is 3. The summed E-state index contributed by atoms with van der Waals surface area (Å²) in [7, 11) is 0. The molecule has 7 heteroatoms. The van der Waals surface area contributed by atoms with Gasteiger partial charge in [0.15, 0.2) is 11.6 Å². The van der Waals surface area contributed by atoms with Gasteiger partial charge < -0.3 is 5.11 Å². The molecule has 0 atom stereocenters. The molecule has 0 saturated heterocycles. The molecule has 4 rings (SSSR count). The summed E-state index contributed by atoms with van der Waals surface area (Å²) >= 11 is 0. The lowest BCUT2D eigenvalue weighted by atomic mass is 9.79. The number of benzene rings is 3. The first kappa shape index (κ1) is 17.0. The summed E-state index contributed by atoms with van der Waals surface area (Å²) in [5.74, 6) is -3.37. The van der Waals surface area contributed by atoms with Crippen molar-refractivity contribution in [3.8, 4) is 0 Å². The molecule has 27 heavy (non-hydrogen) atoms. The second kappa shape index (κ2) is 5.51. The van der Waals surface area contributed by atoms with Crippen molar-refractivity contribution in [3.05, 3.63) is 81.9 Å². The van der Waals surface area contributed by atoms with Crippen LogP contribution < -0.4 is 0 Å². The maximum atomic E-state index is 13.5. The number of hydrogen-bond acceptors (Lipinski definition) is 3. The number of aromatic carboxylic acids is 1. The Kier molecular flexibility index (Phi) is 3.46. The van der Waals surface area contributed by atoms with Crippen LogP contribution in [0.25, 0.3) is 10.8 Å². The van der Waals surface area contributed by atoms with Crippen molar-refractivity contribution in [3.63, 3.8) is 0 Å². The Morgan fingerprint density at radius 1 is 0.815 bits per heavy atom. The number of hydrogen-bond donors (Lipinski definition) is 1. The van der Waals surface area contributed by atoms with Crippen LogP contribution in [0.2, 0.25) is 0 Å². The van der Waals surface area contributed by atoms with Gasteiger partial charge in [-0.1, -0.05) is 24.3 Å². The Morgan fingerprint density at radius 3 is 1.89 bits per heavy atom. The molecular formula is C20H9F3O4. The third kappa shape index (κ3) is 2.51. The van der Waals surface area contributed by atoms with Crippen LogP contribution in [0.5, 0.6) is 0 Å². The van der Waals surface area contributed by atoms with Gasteiger partial charge in [0.2, 0.25) is 0 Å². The van der Waals surface area contributed by atoms with Crippen molar-refractivity contribution in [1.29, 1.82) is 0 Å². The average Bonchev–Trinajstić information content (AvgIpc) is 2.63. The summed E-state index contributed by atoms with van der Waals surface area (Å²) in [4.78, 5) is 36.9. The van der Waals surface area contributed by atoms with Gasteiger partial charge in [0.25, 0.3) is 0 Å². The van der Waals surface area contributed by atoms with E-state index in [4.69, 9.17) is 5.11 Å².